The average molecular weight is 343 g/mol. The van der Waals surface area contributed by atoms with Crippen LogP contribution in [0.3, 0.4) is 0 Å². The van der Waals surface area contributed by atoms with Gasteiger partial charge in [0.15, 0.2) is 5.82 Å². The van der Waals surface area contributed by atoms with Crippen LogP contribution in [0.25, 0.3) is 11.5 Å². The summed E-state index contributed by atoms with van der Waals surface area (Å²) in [5.74, 6) is 2.86. The summed E-state index contributed by atoms with van der Waals surface area (Å²) in [6.45, 7) is 8.20. The maximum absolute atomic E-state index is 11.5. The standard InChI is InChI=1S/C18H25N5O2/c1-12(2)17-21-18(25-22-17)15-6-7-16(20-10-15)19-9-14-5-4-8-23(11-14)13(3)24/h6-7,10,12,14H,4-5,8-9,11H2,1-3H3,(H,19,20)/t14-/m1/s1. The third-order valence-corrected chi connectivity index (χ3v) is 4.50. The van der Waals surface area contributed by atoms with Gasteiger partial charge in [-0.2, -0.15) is 4.98 Å². The highest BCUT2D eigenvalue weighted by Gasteiger charge is 2.21. The Labute approximate surface area is 147 Å². The summed E-state index contributed by atoms with van der Waals surface area (Å²) in [6.07, 6.45) is 3.94. The lowest BCUT2D eigenvalue weighted by molar-refractivity contribution is -0.130. The maximum Gasteiger partial charge on any atom is 0.259 e. The van der Waals surface area contributed by atoms with Crippen LogP contribution in [0.5, 0.6) is 0 Å². The minimum absolute atomic E-state index is 0.160. The summed E-state index contributed by atoms with van der Waals surface area (Å²) >= 11 is 0. The summed E-state index contributed by atoms with van der Waals surface area (Å²) in [5, 5.41) is 7.33. The molecule has 1 aliphatic rings. The van der Waals surface area contributed by atoms with Crippen molar-refractivity contribution in [1.82, 2.24) is 20.0 Å². The van der Waals surface area contributed by atoms with E-state index in [0.29, 0.717) is 17.6 Å². The number of hydrogen-bond donors (Lipinski definition) is 1. The molecule has 0 aliphatic carbocycles. The lowest BCUT2D eigenvalue weighted by atomic mass is 9.98. The molecule has 3 rings (SSSR count). The van der Waals surface area contributed by atoms with Crippen LogP contribution in [0.15, 0.2) is 22.9 Å². The second-order valence-corrected chi connectivity index (χ2v) is 6.90. The molecule has 1 atom stereocenters. The van der Waals surface area contributed by atoms with E-state index in [1.165, 1.54) is 0 Å². The Morgan fingerprint density at radius 1 is 1.44 bits per heavy atom. The maximum atomic E-state index is 11.5. The Bertz CT molecular complexity index is 711. The fourth-order valence-corrected chi connectivity index (χ4v) is 2.98. The van der Waals surface area contributed by atoms with E-state index in [2.05, 4.69) is 20.4 Å². The molecule has 1 fully saturated rings. The van der Waals surface area contributed by atoms with E-state index >= 15 is 0 Å². The lowest BCUT2D eigenvalue weighted by Gasteiger charge is -2.32. The summed E-state index contributed by atoms with van der Waals surface area (Å²) in [6, 6.07) is 3.84. The molecule has 0 aromatic carbocycles. The Morgan fingerprint density at radius 2 is 2.28 bits per heavy atom. The largest absolute Gasteiger partial charge is 0.370 e. The molecule has 3 heterocycles. The number of anilines is 1. The van der Waals surface area contributed by atoms with Crippen molar-refractivity contribution in [3.8, 4) is 11.5 Å². The van der Waals surface area contributed by atoms with Crippen LogP contribution in [0.2, 0.25) is 0 Å². The van der Waals surface area contributed by atoms with Crippen molar-refractivity contribution in [3.63, 3.8) is 0 Å². The monoisotopic (exact) mass is 343 g/mol. The molecule has 1 saturated heterocycles. The van der Waals surface area contributed by atoms with Gasteiger partial charge < -0.3 is 14.7 Å². The first kappa shape index (κ1) is 17.4. The quantitative estimate of drug-likeness (QED) is 0.898. The molecule has 2 aromatic heterocycles. The van der Waals surface area contributed by atoms with E-state index in [4.69, 9.17) is 4.52 Å². The van der Waals surface area contributed by atoms with Crippen LogP contribution >= 0.6 is 0 Å². The van der Waals surface area contributed by atoms with Gasteiger partial charge in [0.25, 0.3) is 5.89 Å². The fraction of sp³-hybridized carbons (Fsp3) is 0.556. The molecule has 7 heteroatoms. The van der Waals surface area contributed by atoms with Crippen LogP contribution in [-0.2, 0) is 4.79 Å². The Balaban J connectivity index is 1.56. The van der Waals surface area contributed by atoms with E-state index in [9.17, 15) is 4.79 Å². The molecular weight excluding hydrogens is 318 g/mol. The first-order valence-corrected chi connectivity index (χ1v) is 8.82. The number of rotatable bonds is 5. The highest BCUT2D eigenvalue weighted by molar-refractivity contribution is 5.73. The van der Waals surface area contributed by atoms with Crippen LogP contribution in [0.1, 0.15) is 45.4 Å². The molecule has 0 unspecified atom stereocenters. The molecule has 1 N–H and O–H groups in total. The topological polar surface area (TPSA) is 84.2 Å². The van der Waals surface area contributed by atoms with Crippen LogP contribution in [0.4, 0.5) is 5.82 Å². The minimum atomic E-state index is 0.160. The van der Waals surface area contributed by atoms with Gasteiger partial charge in [0, 0.05) is 38.7 Å². The molecule has 7 nitrogen and oxygen atoms in total. The van der Waals surface area contributed by atoms with Gasteiger partial charge in [-0.15, -0.1) is 0 Å². The fourth-order valence-electron chi connectivity index (χ4n) is 2.98. The third kappa shape index (κ3) is 4.35. The minimum Gasteiger partial charge on any atom is -0.370 e. The molecule has 2 aromatic rings. The number of piperidine rings is 1. The molecule has 25 heavy (non-hydrogen) atoms. The first-order valence-electron chi connectivity index (χ1n) is 8.82. The van der Waals surface area contributed by atoms with E-state index in [1.54, 1.807) is 13.1 Å². The van der Waals surface area contributed by atoms with Crippen molar-refractivity contribution in [2.45, 2.75) is 39.5 Å². The average Bonchev–Trinajstić information content (AvgIpc) is 3.11. The molecule has 1 amide bonds. The van der Waals surface area contributed by atoms with Gasteiger partial charge >= 0.3 is 0 Å². The molecule has 134 valence electrons. The molecular formula is C18H25N5O2. The summed E-state index contributed by atoms with van der Waals surface area (Å²) in [4.78, 5) is 22.2. The summed E-state index contributed by atoms with van der Waals surface area (Å²) in [5.41, 5.74) is 0.811. The number of hydrogen-bond acceptors (Lipinski definition) is 6. The number of nitrogens with one attached hydrogen (secondary N) is 1. The van der Waals surface area contributed by atoms with Crippen molar-refractivity contribution in [3.05, 3.63) is 24.2 Å². The van der Waals surface area contributed by atoms with Crippen LogP contribution in [0, 0.1) is 5.92 Å². The Hall–Kier alpha value is -2.44. The summed E-state index contributed by atoms with van der Waals surface area (Å²) in [7, 11) is 0. The van der Waals surface area contributed by atoms with Crippen molar-refractivity contribution in [2.24, 2.45) is 5.92 Å². The van der Waals surface area contributed by atoms with Crippen LogP contribution < -0.4 is 5.32 Å². The van der Waals surface area contributed by atoms with E-state index in [-0.39, 0.29) is 11.8 Å². The number of amides is 1. The van der Waals surface area contributed by atoms with Crippen molar-refractivity contribution in [1.29, 1.82) is 0 Å². The van der Waals surface area contributed by atoms with Gasteiger partial charge in [0.2, 0.25) is 5.91 Å². The molecule has 0 bridgehead atoms. The number of aromatic nitrogens is 3. The van der Waals surface area contributed by atoms with E-state index in [1.807, 2.05) is 30.9 Å². The zero-order valence-electron chi connectivity index (χ0n) is 15.0. The predicted octanol–water partition coefficient (Wildman–Crippen LogP) is 2.93. The highest BCUT2D eigenvalue weighted by Crippen LogP contribution is 2.21. The molecule has 0 radical (unpaired) electrons. The van der Waals surface area contributed by atoms with E-state index in [0.717, 1.165) is 43.9 Å². The Kier molecular flexibility index (Phi) is 5.31. The molecule has 0 spiro atoms. The van der Waals surface area contributed by atoms with Crippen molar-refractivity contribution >= 4 is 11.7 Å². The number of pyridine rings is 1. The number of likely N-dealkylation sites (tertiary alicyclic amines) is 1. The van der Waals surface area contributed by atoms with Crippen molar-refractivity contribution in [2.75, 3.05) is 25.0 Å². The highest BCUT2D eigenvalue weighted by atomic mass is 16.5. The van der Waals surface area contributed by atoms with Crippen LogP contribution in [-0.4, -0.2) is 45.6 Å². The first-order chi connectivity index (χ1) is 12.0. The second-order valence-electron chi connectivity index (χ2n) is 6.90. The van der Waals surface area contributed by atoms with Crippen molar-refractivity contribution < 1.29 is 9.32 Å². The van der Waals surface area contributed by atoms with Gasteiger partial charge in [0.1, 0.15) is 5.82 Å². The summed E-state index contributed by atoms with van der Waals surface area (Å²) < 4.78 is 5.28. The van der Waals surface area contributed by atoms with E-state index < -0.39 is 0 Å². The SMILES string of the molecule is CC(=O)N1CCC[C@H](CNc2ccc(-c3nc(C(C)C)no3)cn2)C1. The third-order valence-electron chi connectivity index (χ3n) is 4.50. The zero-order chi connectivity index (χ0) is 17.8. The predicted molar refractivity (Wildman–Crippen MR) is 95.1 cm³/mol. The van der Waals surface area contributed by atoms with Gasteiger partial charge in [-0.05, 0) is 30.9 Å². The Morgan fingerprint density at radius 3 is 2.92 bits per heavy atom. The van der Waals surface area contributed by atoms with Gasteiger partial charge in [-0.1, -0.05) is 19.0 Å². The smallest absolute Gasteiger partial charge is 0.259 e. The number of nitrogens with zero attached hydrogens (tertiary/aromatic N) is 4. The second kappa shape index (κ2) is 7.63. The number of carbonyl (C=O) groups excluding carboxylic acids is 1. The molecule has 1 aliphatic heterocycles. The molecule has 0 saturated carbocycles. The van der Waals surface area contributed by atoms with Gasteiger partial charge in [0.05, 0.1) is 5.56 Å². The van der Waals surface area contributed by atoms with Gasteiger partial charge in [-0.3, -0.25) is 4.79 Å². The zero-order valence-corrected chi connectivity index (χ0v) is 15.0. The lowest BCUT2D eigenvalue weighted by Crippen LogP contribution is -2.40. The normalized spacial score (nSPS) is 17.8. The van der Waals surface area contributed by atoms with Gasteiger partial charge in [-0.25, -0.2) is 4.98 Å². The number of carbonyl (C=O) groups is 1.